The average molecular weight is 241 g/mol. The summed E-state index contributed by atoms with van der Waals surface area (Å²) in [5.74, 6) is -0.930. The van der Waals surface area contributed by atoms with Crippen molar-refractivity contribution in [2.24, 2.45) is 0 Å². The second kappa shape index (κ2) is 5.25. The van der Waals surface area contributed by atoms with E-state index in [1.165, 1.54) is 7.11 Å². The summed E-state index contributed by atoms with van der Waals surface area (Å²) in [7, 11) is 2.34. The van der Waals surface area contributed by atoms with Gasteiger partial charge in [-0.25, -0.2) is 13.6 Å². The van der Waals surface area contributed by atoms with Gasteiger partial charge in [-0.3, -0.25) is 0 Å². The number of ether oxygens (including phenoxy) is 2. The maximum atomic E-state index is 12.6. The molecule has 0 aliphatic rings. The van der Waals surface area contributed by atoms with Crippen LogP contribution in [0.5, 0.6) is 5.75 Å². The lowest BCUT2D eigenvalue weighted by Gasteiger charge is -2.10. The van der Waals surface area contributed by atoms with Crippen LogP contribution in [0.1, 0.15) is 27.9 Å². The Morgan fingerprint density at radius 1 is 1.41 bits per heavy atom. The number of hydrogen-bond donors (Lipinski definition) is 0. The maximum Gasteiger partial charge on any atom is 0.339 e. The second-order valence-electron chi connectivity index (χ2n) is 3.04. The first kappa shape index (κ1) is 12.9. The van der Waals surface area contributed by atoms with Crippen molar-refractivity contribution >= 4 is 5.97 Å². The van der Waals surface area contributed by atoms with Crippen LogP contribution in [0.4, 0.5) is 8.78 Å². The normalized spacial score (nSPS) is 9.88. The van der Waals surface area contributed by atoms with Crippen molar-refractivity contribution < 1.29 is 23.0 Å². The maximum absolute atomic E-state index is 12.6. The Morgan fingerprint density at radius 2 is 2.06 bits per heavy atom. The summed E-state index contributed by atoms with van der Waals surface area (Å²) in [6, 6.07) is 3.67. The van der Waals surface area contributed by atoms with Crippen LogP contribution < -0.4 is 4.74 Å². The van der Waals surface area contributed by atoms with E-state index in [0.29, 0.717) is 0 Å². The molecule has 0 aromatic heterocycles. The molecule has 1 aromatic carbocycles. The summed E-state index contributed by atoms with van der Waals surface area (Å²) >= 11 is 0. The van der Waals surface area contributed by atoms with E-state index in [4.69, 9.17) is 10.00 Å². The van der Waals surface area contributed by atoms with E-state index in [2.05, 4.69) is 4.74 Å². The molecule has 0 aliphatic carbocycles. The third-order valence-electron chi connectivity index (χ3n) is 2.13. The molecule has 0 heterocycles. The minimum atomic E-state index is -2.79. The highest BCUT2D eigenvalue weighted by Gasteiger charge is 2.21. The summed E-state index contributed by atoms with van der Waals surface area (Å²) in [4.78, 5) is 11.3. The molecule has 0 unspecified atom stereocenters. The van der Waals surface area contributed by atoms with Crippen LogP contribution in [0.3, 0.4) is 0 Å². The smallest absolute Gasteiger partial charge is 0.339 e. The zero-order valence-corrected chi connectivity index (χ0v) is 9.16. The van der Waals surface area contributed by atoms with Gasteiger partial charge in [-0.1, -0.05) is 0 Å². The summed E-state index contributed by atoms with van der Waals surface area (Å²) < 4.78 is 34.5. The topological polar surface area (TPSA) is 59.3 Å². The Hall–Kier alpha value is -2.16. The van der Waals surface area contributed by atoms with Crippen LogP contribution in [-0.4, -0.2) is 20.2 Å². The van der Waals surface area contributed by atoms with Gasteiger partial charge in [0.15, 0.2) is 0 Å². The minimum Gasteiger partial charge on any atom is -0.496 e. The minimum absolute atomic E-state index is 0.101. The Kier molecular flexibility index (Phi) is 3.99. The molecule has 0 atom stereocenters. The zero-order chi connectivity index (χ0) is 13.0. The molecular formula is C11H9F2NO3. The number of benzene rings is 1. The summed E-state index contributed by atoms with van der Waals surface area (Å²) in [6.45, 7) is 0. The number of nitriles is 1. The van der Waals surface area contributed by atoms with Crippen molar-refractivity contribution in [3.05, 3.63) is 28.8 Å². The van der Waals surface area contributed by atoms with Crippen LogP contribution in [0.25, 0.3) is 0 Å². The molecule has 0 spiro atoms. The molecule has 90 valence electrons. The molecule has 0 saturated heterocycles. The van der Waals surface area contributed by atoms with Crippen molar-refractivity contribution in [2.45, 2.75) is 6.43 Å². The van der Waals surface area contributed by atoms with Gasteiger partial charge in [0.2, 0.25) is 0 Å². The highest BCUT2D eigenvalue weighted by Crippen LogP contribution is 2.31. The first-order valence-corrected chi connectivity index (χ1v) is 4.53. The monoisotopic (exact) mass is 241 g/mol. The predicted molar refractivity (Wildman–Crippen MR) is 54.0 cm³/mol. The average Bonchev–Trinajstić information content (AvgIpc) is 2.35. The molecule has 1 aromatic rings. The summed E-state index contributed by atoms with van der Waals surface area (Å²) in [5, 5.41) is 8.79. The van der Waals surface area contributed by atoms with Gasteiger partial charge in [0.1, 0.15) is 11.8 Å². The molecule has 17 heavy (non-hydrogen) atoms. The standard InChI is InChI=1S/C11H9F2NO3/c1-16-9-4-7(11(15)17-2)6(5-14)3-8(9)10(12)13/h3-4,10H,1-2H3. The number of nitrogens with zero attached hydrogens (tertiary/aromatic N) is 1. The van der Waals surface area contributed by atoms with Gasteiger partial charge in [0, 0.05) is 0 Å². The quantitative estimate of drug-likeness (QED) is 0.762. The van der Waals surface area contributed by atoms with Gasteiger partial charge in [-0.05, 0) is 12.1 Å². The highest BCUT2D eigenvalue weighted by atomic mass is 19.3. The molecule has 0 radical (unpaired) electrons. The number of carbonyl (C=O) groups is 1. The molecule has 4 nitrogen and oxygen atoms in total. The molecule has 0 amide bonds. The first-order valence-electron chi connectivity index (χ1n) is 4.53. The van der Waals surface area contributed by atoms with Crippen LogP contribution in [0.15, 0.2) is 12.1 Å². The first-order chi connectivity index (χ1) is 8.04. The van der Waals surface area contributed by atoms with Gasteiger partial charge in [0.25, 0.3) is 6.43 Å². The largest absolute Gasteiger partial charge is 0.496 e. The Morgan fingerprint density at radius 3 is 2.47 bits per heavy atom. The number of rotatable bonds is 3. The second-order valence-corrected chi connectivity index (χ2v) is 3.04. The molecule has 0 bridgehead atoms. The summed E-state index contributed by atoms with van der Waals surface area (Å²) in [5.41, 5.74) is -0.707. The van der Waals surface area contributed by atoms with Gasteiger partial charge < -0.3 is 9.47 Å². The Balaban J connectivity index is 3.44. The van der Waals surface area contributed by atoms with Crippen LogP contribution in [-0.2, 0) is 4.74 Å². The molecule has 1 rings (SSSR count). The number of carbonyl (C=O) groups excluding carboxylic acids is 1. The van der Waals surface area contributed by atoms with Crippen molar-refractivity contribution in [3.63, 3.8) is 0 Å². The predicted octanol–water partition coefficient (Wildman–Crippen LogP) is 2.29. The van der Waals surface area contributed by atoms with E-state index in [-0.39, 0.29) is 16.9 Å². The number of methoxy groups -OCH3 is 2. The van der Waals surface area contributed by atoms with E-state index in [1.54, 1.807) is 6.07 Å². The third-order valence-corrected chi connectivity index (χ3v) is 2.13. The van der Waals surface area contributed by atoms with Crippen molar-refractivity contribution in [1.29, 1.82) is 5.26 Å². The number of hydrogen-bond acceptors (Lipinski definition) is 4. The molecule has 6 heteroatoms. The van der Waals surface area contributed by atoms with E-state index < -0.39 is 18.0 Å². The number of alkyl halides is 2. The summed E-state index contributed by atoms with van der Waals surface area (Å²) in [6.07, 6.45) is -2.79. The molecule has 0 N–H and O–H groups in total. The van der Waals surface area contributed by atoms with Gasteiger partial charge in [-0.15, -0.1) is 0 Å². The van der Waals surface area contributed by atoms with E-state index >= 15 is 0 Å². The fourth-order valence-electron chi connectivity index (χ4n) is 1.32. The number of esters is 1. The Bertz CT molecular complexity index is 480. The van der Waals surface area contributed by atoms with Gasteiger partial charge >= 0.3 is 5.97 Å². The highest BCUT2D eigenvalue weighted by molar-refractivity contribution is 5.92. The lowest BCUT2D eigenvalue weighted by Crippen LogP contribution is -2.06. The van der Waals surface area contributed by atoms with Crippen molar-refractivity contribution in [2.75, 3.05) is 14.2 Å². The van der Waals surface area contributed by atoms with E-state index in [0.717, 1.165) is 19.2 Å². The fourth-order valence-corrected chi connectivity index (χ4v) is 1.32. The fraction of sp³-hybridized carbons (Fsp3) is 0.273. The Labute approximate surface area is 96.4 Å². The molecule has 0 saturated carbocycles. The van der Waals surface area contributed by atoms with E-state index in [1.807, 2.05) is 0 Å². The molecule has 0 aliphatic heterocycles. The SMILES string of the molecule is COC(=O)c1cc(OC)c(C(F)F)cc1C#N. The van der Waals surface area contributed by atoms with Gasteiger partial charge in [0.05, 0.1) is 30.9 Å². The number of halogens is 2. The lowest BCUT2D eigenvalue weighted by molar-refractivity contribution is 0.0599. The van der Waals surface area contributed by atoms with Crippen LogP contribution in [0.2, 0.25) is 0 Å². The third kappa shape index (κ3) is 2.50. The van der Waals surface area contributed by atoms with Crippen LogP contribution >= 0.6 is 0 Å². The van der Waals surface area contributed by atoms with Crippen molar-refractivity contribution in [3.8, 4) is 11.8 Å². The van der Waals surface area contributed by atoms with E-state index in [9.17, 15) is 13.6 Å². The zero-order valence-electron chi connectivity index (χ0n) is 9.16. The van der Waals surface area contributed by atoms with Crippen molar-refractivity contribution in [1.82, 2.24) is 0 Å². The van der Waals surface area contributed by atoms with Crippen LogP contribution in [0, 0.1) is 11.3 Å². The van der Waals surface area contributed by atoms with Gasteiger partial charge in [-0.2, -0.15) is 5.26 Å². The molecular weight excluding hydrogens is 232 g/mol. The lowest BCUT2D eigenvalue weighted by atomic mass is 10.0. The molecule has 0 fully saturated rings.